The van der Waals surface area contributed by atoms with Crippen LogP contribution in [0, 0.1) is 6.92 Å². The van der Waals surface area contributed by atoms with Crippen molar-refractivity contribution in [3.63, 3.8) is 0 Å². The molecule has 0 aromatic rings. The fourth-order valence-corrected chi connectivity index (χ4v) is 0.968. The van der Waals surface area contributed by atoms with Gasteiger partial charge in [-0.15, -0.1) is 0 Å². The van der Waals surface area contributed by atoms with Crippen LogP contribution in [0.3, 0.4) is 0 Å². The molecule has 0 spiro atoms. The minimum absolute atomic E-state index is 0. The fraction of sp³-hybridized carbons (Fsp3) is 0.875. The van der Waals surface area contributed by atoms with Crippen LogP contribution in [0.2, 0.25) is 0 Å². The molecule has 2 heteroatoms. The topological polar surface area (TPSA) is 3.24 Å². The van der Waals surface area contributed by atoms with E-state index >= 15 is 0 Å². The van der Waals surface area contributed by atoms with Crippen molar-refractivity contribution in [2.75, 3.05) is 19.6 Å². The van der Waals surface area contributed by atoms with E-state index in [4.69, 9.17) is 0 Å². The van der Waals surface area contributed by atoms with E-state index in [0.29, 0.717) is 0 Å². The summed E-state index contributed by atoms with van der Waals surface area (Å²) in [7, 11) is 0. The van der Waals surface area contributed by atoms with Crippen LogP contribution in [0.5, 0.6) is 0 Å². The molecule has 0 rings (SSSR count). The van der Waals surface area contributed by atoms with Crippen molar-refractivity contribution in [1.29, 1.82) is 0 Å². The molecular weight excluding hydrogens is 117 g/mol. The molecule has 0 aromatic heterocycles. The molecule has 1 nitrogen and oxygen atoms in total. The molecule has 0 unspecified atom stereocenters. The van der Waals surface area contributed by atoms with Crippen LogP contribution in [0.25, 0.3) is 0 Å². The molecule has 0 heterocycles. The van der Waals surface area contributed by atoms with Crippen LogP contribution in [0.4, 0.5) is 0 Å². The second-order valence-corrected chi connectivity index (χ2v) is 2.29. The first kappa shape index (κ1) is 13.2. The number of hydrogen-bond donors (Lipinski definition) is 0. The third-order valence-electron chi connectivity index (χ3n) is 1.46. The quantitative estimate of drug-likeness (QED) is 0.515. The molecule has 0 atom stereocenters. The Morgan fingerprint density at radius 1 is 1.20 bits per heavy atom. The third kappa shape index (κ3) is 6.67. The SMILES string of the molecule is [CH2]CCN(CC)CCC.[LiH]. The molecular formula is C8H19LiN. The van der Waals surface area contributed by atoms with Crippen LogP contribution in [0.1, 0.15) is 26.7 Å². The average Bonchev–Trinajstić information content (AvgIpc) is 1.88. The number of hydrogen-bond acceptors (Lipinski definition) is 1. The van der Waals surface area contributed by atoms with Gasteiger partial charge in [-0.25, -0.2) is 0 Å². The summed E-state index contributed by atoms with van der Waals surface area (Å²) in [6, 6.07) is 0. The summed E-state index contributed by atoms with van der Waals surface area (Å²) in [6.45, 7) is 11.8. The molecule has 0 amide bonds. The van der Waals surface area contributed by atoms with Gasteiger partial charge in [0.1, 0.15) is 0 Å². The first-order valence-electron chi connectivity index (χ1n) is 3.86. The van der Waals surface area contributed by atoms with E-state index in [1.807, 2.05) is 0 Å². The van der Waals surface area contributed by atoms with E-state index in [1.54, 1.807) is 0 Å². The molecule has 0 bridgehead atoms. The van der Waals surface area contributed by atoms with E-state index < -0.39 is 0 Å². The van der Waals surface area contributed by atoms with Gasteiger partial charge < -0.3 is 4.90 Å². The predicted molar refractivity (Wildman–Crippen MR) is 49.5 cm³/mol. The normalized spacial score (nSPS) is 9.60. The van der Waals surface area contributed by atoms with Crippen molar-refractivity contribution in [3.05, 3.63) is 6.92 Å². The van der Waals surface area contributed by atoms with Gasteiger partial charge in [-0.3, -0.25) is 0 Å². The molecule has 0 aromatic carbocycles. The summed E-state index contributed by atoms with van der Waals surface area (Å²) in [4.78, 5) is 2.42. The van der Waals surface area contributed by atoms with Gasteiger partial charge in [-0.1, -0.05) is 20.8 Å². The Hall–Kier alpha value is 0.557. The predicted octanol–water partition coefficient (Wildman–Crippen LogP) is 1.29. The van der Waals surface area contributed by atoms with Crippen LogP contribution >= 0.6 is 0 Å². The summed E-state index contributed by atoms with van der Waals surface area (Å²) >= 11 is 0. The third-order valence-corrected chi connectivity index (χ3v) is 1.46. The molecule has 0 N–H and O–H groups in total. The van der Waals surface area contributed by atoms with E-state index in [-0.39, 0.29) is 18.9 Å². The van der Waals surface area contributed by atoms with E-state index in [9.17, 15) is 0 Å². The minimum atomic E-state index is 0. The Labute approximate surface area is 77.4 Å². The van der Waals surface area contributed by atoms with Gasteiger partial charge in [-0.05, 0) is 32.5 Å². The van der Waals surface area contributed by atoms with Crippen molar-refractivity contribution in [2.24, 2.45) is 0 Å². The van der Waals surface area contributed by atoms with Crippen LogP contribution < -0.4 is 0 Å². The first-order valence-corrected chi connectivity index (χ1v) is 3.86. The van der Waals surface area contributed by atoms with E-state index in [2.05, 4.69) is 25.7 Å². The molecule has 1 radical (unpaired) electrons. The zero-order valence-electron chi connectivity index (χ0n) is 6.69. The Kier molecular flexibility index (Phi) is 12.6. The van der Waals surface area contributed by atoms with Crippen molar-refractivity contribution < 1.29 is 0 Å². The van der Waals surface area contributed by atoms with Gasteiger partial charge >= 0.3 is 18.9 Å². The molecule has 0 saturated carbocycles. The summed E-state index contributed by atoms with van der Waals surface area (Å²) < 4.78 is 0. The molecule has 0 fully saturated rings. The van der Waals surface area contributed by atoms with Gasteiger partial charge in [0.15, 0.2) is 0 Å². The van der Waals surface area contributed by atoms with Gasteiger partial charge in [0.25, 0.3) is 0 Å². The van der Waals surface area contributed by atoms with E-state index in [0.717, 1.165) is 13.0 Å². The zero-order chi connectivity index (χ0) is 7.11. The molecule has 10 heavy (non-hydrogen) atoms. The van der Waals surface area contributed by atoms with Crippen molar-refractivity contribution in [2.45, 2.75) is 26.7 Å². The number of rotatable bonds is 5. The van der Waals surface area contributed by atoms with Gasteiger partial charge in [0, 0.05) is 0 Å². The Morgan fingerprint density at radius 3 is 2.10 bits per heavy atom. The maximum atomic E-state index is 3.81. The van der Waals surface area contributed by atoms with Gasteiger partial charge in [0.05, 0.1) is 0 Å². The Bertz CT molecular complexity index is 51.2. The van der Waals surface area contributed by atoms with E-state index in [1.165, 1.54) is 19.5 Å². The monoisotopic (exact) mass is 136 g/mol. The van der Waals surface area contributed by atoms with Gasteiger partial charge in [-0.2, -0.15) is 0 Å². The first-order chi connectivity index (χ1) is 4.35. The maximum absolute atomic E-state index is 3.81. The van der Waals surface area contributed by atoms with Crippen molar-refractivity contribution in [1.82, 2.24) is 4.90 Å². The average molecular weight is 136 g/mol. The summed E-state index contributed by atoms with van der Waals surface area (Å²) in [5, 5.41) is 0. The summed E-state index contributed by atoms with van der Waals surface area (Å²) in [6.07, 6.45) is 2.29. The Balaban J connectivity index is 0. The molecule has 0 aliphatic rings. The fourth-order valence-electron chi connectivity index (χ4n) is 0.968. The second kappa shape index (κ2) is 9.56. The summed E-state index contributed by atoms with van der Waals surface area (Å²) in [5.41, 5.74) is 0. The van der Waals surface area contributed by atoms with Crippen LogP contribution in [-0.2, 0) is 0 Å². The zero-order valence-corrected chi connectivity index (χ0v) is 6.69. The van der Waals surface area contributed by atoms with Crippen molar-refractivity contribution >= 4 is 18.9 Å². The van der Waals surface area contributed by atoms with Crippen molar-refractivity contribution in [3.8, 4) is 0 Å². The molecule has 0 aliphatic carbocycles. The van der Waals surface area contributed by atoms with Gasteiger partial charge in [0.2, 0.25) is 0 Å². The number of nitrogens with zero attached hydrogens (tertiary/aromatic N) is 1. The molecule has 0 aliphatic heterocycles. The molecule has 57 valence electrons. The standard InChI is InChI=1S/C8H18N.Li.H/c1-4-7-9(6-3)8-5-2;;/h1,4-8H2,2-3H3;;. The molecule has 0 saturated heterocycles. The Morgan fingerprint density at radius 2 is 1.80 bits per heavy atom. The van der Waals surface area contributed by atoms with Crippen LogP contribution in [-0.4, -0.2) is 43.4 Å². The second-order valence-electron chi connectivity index (χ2n) is 2.29. The summed E-state index contributed by atoms with van der Waals surface area (Å²) in [5.74, 6) is 0. The van der Waals surface area contributed by atoms with Crippen LogP contribution in [0.15, 0.2) is 0 Å².